The smallest absolute Gasteiger partial charge is 0.416 e. The van der Waals surface area contributed by atoms with Gasteiger partial charge in [-0.15, -0.1) is 0 Å². The van der Waals surface area contributed by atoms with Gasteiger partial charge in [-0.25, -0.2) is 0 Å². The van der Waals surface area contributed by atoms with Crippen molar-refractivity contribution >= 4 is 56.5 Å². The highest BCUT2D eigenvalue weighted by atomic mass is 79.9. The molecule has 0 spiro atoms. The number of rotatable bonds is 6. The van der Waals surface area contributed by atoms with Crippen molar-refractivity contribution in [3.8, 4) is 11.5 Å². The number of hydrogen-bond acceptors (Lipinski definition) is 7. The van der Waals surface area contributed by atoms with Gasteiger partial charge < -0.3 is 9.64 Å². The summed E-state index contributed by atoms with van der Waals surface area (Å²) in [5.74, 6) is -0.678. The molecule has 2 fully saturated rings. The number of halogens is 4. The topological polar surface area (TPSA) is 110 Å². The second-order valence-corrected chi connectivity index (χ2v) is 10.9. The van der Waals surface area contributed by atoms with E-state index in [2.05, 4.69) is 22.9 Å². The third kappa shape index (κ3) is 6.61. The number of ether oxygens (including phenoxy) is 1. The zero-order valence-electron chi connectivity index (χ0n) is 20.4. The fourth-order valence-corrected chi connectivity index (χ4v) is 5.33. The summed E-state index contributed by atoms with van der Waals surface area (Å²) >= 11 is 3.96. The maximum Gasteiger partial charge on any atom is 0.416 e. The largest absolute Gasteiger partial charge is 0.449 e. The van der Waals surface area contributed by atoms with Gasteiger partial charge in [-0.2, -0.15) is 13.2 Å². The van der Waals surface area contributed by atoms with Crippen molar-refractivity contribution in [2.75, 3.05) is 19.6 Å². The summed E-state index contributed by atoms with van der Waals surface area (Å²) in [7, 11) is 0. The van der Waals surface area contributed by atoms with Crippen LogP contribution in [0, 0.1) is 16.0 Å². The number of benzene rings is 2. The Morgan fingerprint density at radius 3 is 2.46 bits per heavy atom. The van der Waals surface area contributed by atoms with Crippen LogP contribution in [0.4, 0.5) is 23.7 Å². The van der Waals surface area contributed by atoms with Crippen LogP contribution in [0.25, 0.3) is 6.08 Å². The molecule has 2 saturated heterocycles. The monoisotopic (exact) mass is 627 g/mol. The predicted octanol–water partition coefficient (Wildman–Crippen LogP) is 6.46. The molecule has 2 aromatic carbocycles. The predicted molar refractivity (Wildman–Crippen MR) is 140 cm³/mol. The van der Waals surface area contributed by atoms with E-state index >= 15 is 0 Å². The molecule has 0 N–H and O–H groups in total. The van der Waals surface area contributed by atoms with E-state index in [4.69, 9.17) is 4.74 Å². The molecule has 9 nitrogen and oxygen atoms in total. The molecule has 2 aliphatic heterocycles. The number of likely N-dealkylation sites (tertiary alicyclic amines) is 1. The first-order chi connectivity index (χ1) is 18.3. The van der Waals surface area contributed by atoms with Crippen LogP contribution >= 0.6 is 27.7 Å². The molecule has 0 bridgehead atoms. The molecular formula is C25H21BrF3N3O6S. The molecule has 0 aliphatic carbocycles. The molecule has 14 heteroatoms. The second-order valence-electron chi connectivity index (χ2n) is 9.06. The molecule has 0 atom stereocenters. The molecule has 0 saturated carbocycles. The number of alkyl halides is 3. The molecule has 2 aromatic rings. The standard InChI is InChI=1S/C25H21BrF3N3O6S/c1-14-6-8-30(9-7-14)22(33)13-31-23(34)21(39-24(31)35)11-15-2-4-19(17(26)10-15)38-20-5-3-16(25(27,28)29)12-18(20)32(36)37/h2-5,10-12,14H,6-9,13H2,1H3/b21-11+. The number of nitrogens with zero attached hydrogens (tertiary/aromatic N) is 3. The van der Waals surface area contributed by atoms with E-state index in [0.29, 0.717) is 52.9 Å². The first kappa shape index (κ1) is 28.6. The number of nitro benzene ring substituents is 1. The van der Waals surface area contributed by atoms with E-state index in [1.165, 1.54) is 24.3 Å². The number of carbonyl (C=O) groups is 3. The van der Waals surface area contributed by atoms with E-state index in [1.54, 1.807) is 4.90 Å². The van der Waals surface area contributed by atoms with Gasteiger partial charge in [-0.05, 0) is 82.4 Å². The Morgan fingerprint density at radius 1 is 1.18 bits per heavy atom. The molecule has 0 unspecified atom stereocenters. The van der Waals surface area contributed by atoms with Gasteiger partial charge in [0.05, 0.1) is 19.9 Å². The number of amides is 3. The van der Waals surface area contributed by atoms with Gasteiger partial charge in [0.15, 0.2) is 0 Å². The van der Waals surface area contributed by atoms with Crippen molar-refractivity contribution in [1.82, 2.24) is 9.80 Å². The van der Waals surface area contributed by atoms with Crippen LogP contribution in [0.5, 0.6) is 11.5 Å². The van der Waals surface area contributed by atoms with Gasteiger partial charge in [0.2, 0.25) is 11.7 Å². The average molecular weight is 628 g/mol. The SMILES string of the molecule is CC1CCN(C(=O)CN2C(=O)S/C(=C/c3ccc(Oc4ccc(C(F)(F)F)cc4[N+](=O)[O-])c(Br)c3)C2=O)CC1. The summed E-state index contributed by atoms with van der Waals surface area (Å²) in [6, 6.07) is 6.36. The lowest BCUT2D eigenvalue weighted by atomic mass is 9.99. The van der Waals surface area contributed by atoms with Crippen LogP contribution in [0.1, 0.15) is 30.9 Å². The quantitative estimate of drug-likeness (QED) is 0.205. The summed E-state index contributed by atoms with van der Waals surface area (Å²) < 4.78 is 44.7. The van der Waals surface area contributed by atoms with Crippen molar-refractivity contribution in [2.24, 2.45) is 5.92 Å². The lowest BCUT2D eigenvalue weighted by molar-refractivity contribution is -0.385. The minimum Gasteiger partial charge on any atom is -0.449 e. The highest BCUT2D eigenvalue weighted by Gasteiger charge is 2.37. The summed E-state index contributed by atoms with van der Waals surface area (Å²) in [6.45, 7) is 2.95. The molecule has 0 aromatic heterocycles. The van der Waals surface area contributed by atoms with Crippen molar-refractivity contribution < 1.29 is 37.2 Å². The molecule has 2 aliphatic rings. The summed E-state index contributed by atoms with van der Waals surface area (Å²) in [5.41, 5.74) is -1.57. The number of thioether (sulfide) groups is 1. The molecule has 2 heterocycles. The Labute approximate surface area is 233 Å². The lowest BCUT2D eigenvalue weighted by Crippen LogP contribution is -2.45. The second kappa shape index (κ2) is 11.4. The van der Waals surface area contributed by atoms with Crippen LogP contribution in [0.15, 0.2) is 45.8 Å². The fraction of sp³-hybridized carbons (Fsp3) is 0.320. The van der Waals surface area contributed by atoms with Crippen molar-refractivity contribution in [2.45, 2.75) is 25.9 Å². The molecular weight excluding hydrogens is 607 g/mol. The first-order valence-corrected chi connectivity index (χ1v) is 13.3. The van der Waals surface area contributed by atoms with Crippen LogP contribution < -0.4 is 4.74 Å². The Hall–Kier alpha value is -3.39. The Morgan fingerprint density at radius 2 is 1.85 bits per heavy atom. The van der Waals surface area contributed by atoms with Crippen LogP contribution in [0.2, 0.25) is 0 Å². The number of imide groups is 1. The molecule has 39 heavy (non-hydrogen) atoms. The Kier molecular flexibility index (Phi) is 8.35. The van der Waals surface area contributed by atoms with Crippen molar-refractivity contribution in [3.05, 3.63) is 67.0 Å². The molecule has 3 amide bonds. The van der Waals surface area contributed by atoms with Crippen molar-refractivity contribution in [3.63, 3.8) is 0 Å². The zero-order chi connectivity index (χ0) is 28.5. The average Bonchev–Trinajstić information content (AvgIpc) is 3.12. The van der Waals surface area contributed by atoms with Gasteiger partial charge in [0.25, 0.3) is 11.1 Å². The molecule has 0 radical (unpaired) electrons. The number of nitro groups is 1. The Balaban J connectivity index is 1.48. The fourth-order valence-electron chi connectivity index (χ4n) is 4.01. The van der Waals surface area contributed by atoms with E-state index in [0.717, 1.165) is 23.8 Å². The Bertz CT molecular complexity index is 1380. The minimum absolute atomic E-state index is 0.0737. The maximum atomic E-state index is 13.0. The van der Waals surface area contributed by atoms with E-state index in [-0.39, 0.29) is 23.1 Å². The third-order valence-corrected chi connectivity index (χ3v) is 7.79. The highest BCUT2D eigenvalue weighted by Crippen LogP contribution is 2.40. The number of piperidine rings is 1. The number of hydrogen-bond donors (Lipinski definition) is 0. The van der Waals surface area contributed by atoms with Gasteiger partial charge in [0.1, 0.15) is 12.3 Å². The lowest BCUT2D eigenvalue weighted by Gasteiger charge is -2.31. The van der Waals surface area contributed by atoms with Gasteiger partial charge >= 0.3 is 11.9 Å². The molecule has 206 valence electrons. The highest BCUT2D eigenvalue weighted by molar-refractivity contribution is 9.10. The van der Waals surface area contributed by atoms with E-state index < -0.39 is 39.2 Å². The summed E-state index contributed by atoms with van der Waals surface area (Å²) in [4.78, 5) is 50.9. The van der Waals surface area contributed by atoms with Crippen LogP contribution in [-0.4, -0.2) is 51.4 Å². The minimum atomic E-state index is -4.76. The van der Waals surface area contributed by atoms with Crippen molar-refractivity contribution in [1.29, 1.82) is 0 Å². The summed E-state index contributed by atoms with van der Waals surface area (Å²) in [5, 5.41) is 10.8. The van der Waals surface area contributed by atoms with Gasteiger partial charge in [-0.1, -0.05) is 13.0 Å². The number of carbonyl (C=O) groups excluding carboxylic acids is 3. The first-order valence-electron chi connectivity index (χ1n) is 11.7. The van der Waals surface area contributed by atoms with Gasteiger partial charge in [-0.3, -0.25) is 29.4 Å². The third-order valence-electron chi connectivity index (χ3n) is 6.26. The van der Waals surface area contributed by atoms with E-state index in [1.807, 2.05) is 0 Å². The summed E-state index contributed by atoms with van der Waals surface area (Å²) in [6.07, 6.45) is -1.57. The van der Waals surface area contributed by atoms with Gasteiger partial charge in [0, 0.05) is 19.2 Å². The zero-order valence-corrected chi connectivity index (χ0v) is 22.8. The molecule has 4 rings (SSSR count). The van der Waals surface area contributed by atoms with Crippen LogP contribution in [-0.2, 0) is 15.8 Å². The maximum absolute atomic E-state index is 13.0. The van der Waals surface area contributed by atoms with Crippen LogP contribution in [0.3, 0.4) is 0 Å². The van der Waals surface area contributed by atoms with E-state index in [9.17, 15) is 37.7 Å². The normalized spacial score (nSPS) is 17.7.